The van der Waals surface area contributed by atoms with Crippen molar-refractivity contribution in [3.05, 3.63) is 231 Å². The van der Waals surface area contributed by atoms with Gasteiger partial charge in [0.2, 0.25) is 23.6 Å². The van der Waals surface area contributed by atoms with Crippen LogP contribution in [0.2, 0.25) is 0 Å². The van der Waals surface area contributed by atoms with E-state index < -0.39 is 67.0 Å². The highest BCUT2D eigenvalue weighted by molar-refractivity contribution is 6.09. The summed E-state index contributed by atoms with van der Waals surface area (Å²) in [5.41, 5.74) is 23.4. The number of benzene rings is 8. The van der Waals surface area contributed by atoms with E-state index in [4.69, 9.17) is 60.8 Å². The number of primary amides is 4. The van der Waals surface area contributed by atoms with Gasteiger partial charge in [0.1, 0.15) is 23.0 Å². The van der Waals surface area contributed by atoms with Gasteiger partial charge in [-0.15, -0.1) is 0 Å². The van der Waals surface area contributed by atoms with Crippen molar-refractivity contribution in [1.29, 1.82) is 0 Å². The largest absolute Gasteiger partial charge is 0.489 e. The van der Waals surface area contributed by atoms with Gasteiger partial charge in [-0.3, -0.25) is 78.8 Å². The lowest BCUT2D eigenvalue weighted by Crippen LogP contribution is -2.17. The predicted octanol–water partition coefficient (Wildman–Crippen LogP) is 15.5. The SMILES string of the molecule is CC(C)COc1cc(C(=O)Nc2ccc(C(N)=O)cc2OC(C)C)ccc1[N+](=O)[O-].CCCCCOc1cc(C(=O)Nc2ccc(C(N)=O)cc2OC(C)C)ccc1[N+](=O)[O-].CCCCOc1cc(C(=O)Nc2ccc(C(N)=O)cc2OC(C)C)ccc1[N+](=O)[O-].CCCOc1cc(C(=O)Nc2ccc(C(N)=O)cc2OC(C)C)ccc1[N+](=O)[O-]. The third kappa shape index (κ3) is 30.3. The highest BCUT2D eigenvalue weighted by Crippen LogP contribution is 2.37. The van der Waals surface area contributed by atoms with Crippen LogP contribution >= 0.6 is 0 Å². The molecule has 8 aromatic rings. The molecule has 120 heavy (non-hydrogen) atoms. The Balaban J connectivity index is 0.000000285. The van der Waals surface area contributed by atoms with Crippen LogP contribution in [0.15, 0.2) is 146 Å². The average molecular weight is 1660 g/mol. The van der Waals surface area contributed by atoms with Crippen LogP contribution in [0.25, 0.3) is 0 Å². The summed E-state index contributed by atoms with van der Waals surface area (Å²) < 4.78 is 44.7. The fourth-order valence-corrected chi connectivity index (χ4v) is 10.3. The van der Waals surface area contributed by atoms with E-state index in [1.54, 1.807) is 55.4 Å². The van der Waals surface area contributed by atoms with E-state index in [-0.39, 0.29) is 157 Å². The van der Waals surface area contributed by atoms with E-state index in [1.165, 1.54) is 146 Å². The number of nitrogens with two attached hydrogens (primary N) is 4. The Morgan fingerprint density at radius 3 is 0.742 bits per heavy atom. The minimum Gasteiger partial charge on any atom is -0.489 e. The molecule has 0 aliphatic carbocycles. The first-order chi connectivity index (χ1) is 56.7. The Hall–Kier alpha value is -14.5. The number of hydrogen-bond donors (Lipinski definition) is 8. The van der Waals surface area contributed by atoms with E-state index >= 15 is 0 Å². The van der Waals surface area contributed by atoms with Crippen LogP contribution in [0.1, 0.15) is 211 Å². The van der Waals surface area contributed by atoms with Crippen LogP contribution in [0.5, 0.6) is 46.0 Å². The second-order valence-electron chi connectivity index (χ2n) is 27.9. The van der Waals surface area contributed by atoms with Crippen molar-refractivity contribution in [2.75, 3.05) is 47.7 Å². The van der Waals surface area contributed by atoms with Gasteiger partial charge in [0, 0.05) is 93.0 Å². The van der Waals surface area contributed by atoms with E-state index in [1.807, 2.05) is 34.6 Å². The number of hydrogen-bond acceptors (Lipinski definition) is 24. The van der Waals surface area contributed by atoms with Crippen molar-refractivity contribution >= 4 is 92.8 Å². The lowest BCUT2D eigenvalue weighted by molar-refractivity contribution is -0.386. The fourth-order valence-electron chi connectivity index (χ4n) is 10.3. The Morgan fingerprint density at radius 2 is 0.525 bits per heavy atom. The van der Waals surface area contributed by atoms with Gasteiger partial charge in [-0.1, -0.05) is 53.9 Å². The lowest BCUT2D eigenvalue weighted by Gasteiger charge is -2.16. The van der Waals surface area contributed by atoms with Gasteiger partial charge in [0.15, 0.2) is 23.0 Å². The number of carbonyl (C=O) groups excluding carboxylic acids is 8. The molecule has 8 aromatic carbocycles. The van der Waals surface area contributed by atoms with Crippen molar-refractivity contribution < 1.29 is 95.9 Å². The fraction of sp³-hybridized carbons (Fsp3) is 0.333. The predicted molar refractivity (Wildman–Crippen MR) is 449 cm³/mol. The molecule has 0 aromatic heterocycles. The molecule has 8 rings (SSSR count). The topological polar surface area (TPSA) is 535 Å². The van der Waals surface area contributed by atoms with Gasteiger partial charge < -0.3 is 82.1 Å². The summed E-state index contributed by atoms with van der Waals surface area (Å²) >= 11 is 0. The number of ether oxygens (including phenoxy) is 8. The molecule has 0 bridgehead atoms. The lowest BCUT2D eigenvalue weighted by atomic mass is 10.1. The molecule has 0 atom stereocenters. The molecule has 0 heterocycles. The summed E-state index contributed by atoms with van der Waals surface area (Å²) in [4.78, 5) is 139. The summed E-state index contributed by atoms with van der Waals surface area (Å²) in [7, 11) is 0. The Labute approximate surface area is 691 Å². The van der Waals surface area contributed by atoms with E-state index in [2.05, 4.69) is 21.3 Å². The van der Waals surface area contributed by atoms with Gasteiger partial charge in [-0.25, -0.2) is 0 Å². The summed E-state index contributed by atoms with van der Waals surface area (Å²) in [5, 5.41) is 55.7. The minimum absolute atomic E-state index is 0.0177. The first kappa shape index (κ1) is 96.1. The molecule has 12 N–H and O–H groups in total. The second kappa shape index (κ2) is 46.9. The zero-order valence-electron chi connectivity index (χ0n) is 68.7. The Bertz CT molecular complexity index is 5010. The molecule has 36 nitrogen and oxygen atoms in total. The smallest absolute Gasteiger partial charge is 0.310 e. The standard InChI is InChI=1S/C22H27N3O6.2C21H25N3O6.C20H23N3O6/c1-4-5-6-11-30-20-13-16(8-10-18(20)25(28)29)22(27)24-17-9-7-15(21(23)26)12-19(17)31-14(2)3;1-12(2)11-29-19-10-15(6-8-17(19)24(27)28)21(26)23-16-7-5-14(20(22)25)9-18(16)30-13(3)4;1-4-5-10-29-19-12-15(7-9-17(19)24(27)28)21(26)23-16-8-6-14(20(22)25)11-18(16)30-13(2)3;1-4-9-28-18-11-14(6-8-16(18)23(26)27)20(25)22-15-7-5-13(19(21)24)10-17(15)29-12(2)3/h7-10,12-14H,4-6,11H2,1-3H3,(H2,23,26)(H,24,27);5-10,12-13H,11H2,1-4H3,(H2,22,25)(H,23,26);6-9,11-13H,4-5,10H2,1-3H3,(H2,22,25)(H,23,26);5-8,10-12H,4,9H2,1-3H3,(H2,21,24)(H,22,25). The first-order valence-electron chi connectivity index (χ1n) is 38.1. The third-order valence-electron chi connectivity index (χ3n) is 16.0. The molecule has 0 aliphatic rings. The maximum atomic E-state index is 12.8. The van der Waals surface area contributed by atoms with E-state index in [0.717, 1.165) is 32.1 Å². The van der Waals surface area contributed by atoms with Gasteiger partial charge in [-0.2, -0.15) is 0 Å². The quantitative estimate of drug-likeness (QED) is 0.0101. The molecule has 0 radical (unpaired) electrons. The first-order valence-corrected chi connectivity index (χ1v) is 38.1. The Morgan fingerprint density at radius 1 is 0.300 bits per heavy atom. The van der Waals surface area contributed by atoms with Crippen LogP contribution in [-0.2, 0) is 0 Å². The molecular weight excluding hydrogens is 1560 g/mol. The van der Waals surface area contributed by atoms with E-state index in [0.29, 0.717) is 42.4 Å². The monoisotopic (exact) mass is 1660 g/mol. The maximum absolute atomic E-state index is 12.8. The number of unbranched alkanes of at least 4 members (excludes halogenated alkanes) is 3. The Kier molecular flexibility index (Phi) is 37.6. The third-order valence-corrected chi connectivity index (χ3v) is 16.0. The normalized spacial score (nSPS) is 10.6. The van der Waals surface area contributed by atoms with Crippen molar-refractivity contribution in [2.24, 2.45) is 28.9 Å². The molecule has 36 heteroatoms. The van der Waals surface area contributed by atoms with Crippen LogP contribution < -0.4 is 82.1 Å². The number of nitro benzene ring substituents is 4. The highest BCUT2D eigenvalue weighted by atomic mass is 16.6. The van der Waals surface area contributed by atoms with Crippen molar-refractivity contribution in [2.45, 2.75) is 153 Å². The molecule has 0 aliphatic heterocycles. The van der Waals surface area contributed by atoms with Crippen LogP contribution in [0, 0.1) is 46.4 Å². The average Bonchev–Trinajstić information content (AvgIpc) is 0.825. The molecule has 0 saturated heterocycles. The van der Waals surface area contributed by atoms with Gasteiger partial charge >= 0.3 is 22.7 Å². The van der Waals surface area contributed by atoms with Crippen LogP contribution in [-0.4, -0.2) is 118 Å². The number of anilines is 4. The molecule has 0 spiro atoms. The molecule has 0 saturated carbocycles. The zero-order chi connectivity index (χ0) is 89.2. The summed E-state index contributed by atoms with van der Waals surface area (Å²) in [6.45, 7) is 25.3. The zero-order valence-corrected chi connectivity index (χ0v) is 68.7. The maximum Gasteiger partial charge on any atom is 0.310 e. The number of rotatable bonds is 39. The number of nitrogens with zero attached hydrogens (tertiary/aromatic N) is 4. The van der Waals surface area contributed by atoms with Gasteiger partial charge in [-0.05, 0) is 178 Å². The van der Waals surface area contributed by atoms with Crippen molar-refractivity contribution in [1.82, 2.24) is 0 Å². The summed E-state index contributed by atoms with van der Waals surface area (Å²) in [6, 6.07) is 33.4. The van der Waals surface area contributed by atoms with Crippen LogP contribution in [0.4, 0.5) is 45.5 Å². The summed E-state index contributed by atoms with van der Waals surface area (Å²) in [6.07, 6.45) is 4.12. The van der Waals surface area contributed by atoms with Crippen LogP contribution in [0.3, 0.4) is 0 Å². The summed E-state index contributed by atoms with van der Waals surface area (Å²) in [5.74, 6) is -3.11. The molecule has 8 amide bonds. The number of nitrogens with one attached hydrogen (secondary N) is 4. The second-order valence-corrected chi connectivity index (χ2v) is 27.9. The minimum atomic E-state index is -0.621. The molecule has 0 fully saturated rings. The van der Waals surface area contributed by atoms with Crippen molar-refractivity contribution in [3.63, 3.8) is 0 Å². The van der Waals surface area contributed by atoms with E-state index in [9.17, 15) is 78.8 Å². The molecule has 640 valence electrons. The van der Waals surface area contributed by atoms with Gasteiger partial charge in [0.25, 0.3) is 23.6 Å². The highest BCUT2D eigenvalue weighted by Gasteiger charge is 2.26. The number of amides is 8. The van der Waals surface area contributed by atoms with Crippen molar-refractivity contribution in [3.8, 4) is 46.0 Å². The number of carbonyl (C=O) groups is 8. The number of nitro groups is 4. The molecule has 0 unspecified atom stereocenters. The molecular formula is C84H100N12O24. The van der Waals surface area contributed by atoms with Gasteiger partial charge in [0.05, 0.1) is 93.3 Å².